The van der Waals surface area contributed by atoms with E-state index in [0.29, 0.717) is 6.54 Å². The summed E-state index contributed by atoms with van der Waals surface area (Å²) in [4.78, 5) is 10.5. The Morgan fingerprint density at radius 2 is 1.45 bits per heavy atom. The summed E-state index contributed by atoms with van der Waals surface area (Å²) in [7, 11) is 0. The van der Waals surface area contributed by atoms with Crippen LogP contribution in [0.25, 0.3) is 0 Å². The van der Waals surface area contributed by atoms with Gasteiger partial charge in [0.2, 0.25) is 0 Å². The lowest BCUT2D eigenvalue weighted by atomic mass is 9.95. The zero-order chi connectivity index (χ0) is 15.3. The number of carbonyl (C=O) groups is 1. The van der Waals surface area contributed by atoms with Crippen molar-refractivity contribution in [3.8, 4) is 0 Å². The summed E-state index contributed by atoms with van der Waals surface area (Å²) in [5, 5.41) is 12.0. The van der Waals surface area contributed by atoms with Crippen molar-refractivity contribution in [1.29, 1.82) is 0 Å². The van der Waals surface area contributed by atoms with E-state index < -0.39 is 5.97 Å². The lowest BCUT2D eigenvalue weighted by Crippen LogP contribution is -2.40. The highest BCUT2D eigenvalue weighted by Crippen LogP contribution is 2.16. The Bertz CT molecular complexity index is 239. The second kappa shape index (κ2) is 12.2. The summed E-state index contributed by atoms with van der Waals surface area (Å²) in [6.07, 6.45) is 13.5. The van der Waals surface area contributed by atoms with Gasteiger partial charge in [-0.15, -0.1) is 0 Å². The smallest absolute Gasteiger partial charge is 0.304 e. The van der Waals surface area contributed by atoms with Crippen molar-refractivity contribution in [3.63, 3.8) is 0 Å². The highest BCUT2D eigenvalue weighted by molar-refractivity contribution is 5.66. The van der Waals surface area contributed by atoms with Crippen LogP contribution < -0.4 is 5.32 Å². The van der Waals surface area contributed by atoms with Crippen molar-refractivity contribution in [2.45, 2.75) is 96.9 Å². The van der Waals surface area contributed by atoms with Gasteiger partial charge in [-0.1, -0.05) is 64.7 Å². The first-order valence-electron chi connectivity index (χ1n) is 8.45. The van der Waals surface area contributed by atoms with Crippen molar-refractivity contribution in [2.24, 2.45) is 0 Å². The first-order chi connectivity index (χ1) is 9.48. The van der Waals surface area contributed by atoms with Crippen LogP contribution in [0.2, 0.25) is 0 Å². The van der Waals surface area contributed by atoms with Gasteiger partial charge in [-0.3, -0.25) is 4.79 Å². The van der Waals surface area contributed by atoms with Gasteiger partial charge in [0.15, 0.2) is 0 Å². The van der Waals surface area contributed by atoms with Gasteiger partial charge < -0.3 is 10.4 Å². The lowest BCUT2D eigenvalue weighted by molar-refractivity contribution is -0.136. The Labute approximate surface area is 125 Å². The van der Waals surface area contributed by atoms with Gasteiger partial charge in [-0.05, 0) is 20.3 Å². The molecule has 3 heteroatoms. The second-order valence-electron chi connectivity index (χ2n) is 6.53. The fourth-order valence-electron chi connectivity index (χ4n) is 2.47. The Morgan fingerprint density at radius 1 is 0.950 bits per heavy atom. The van der Waals surface area contributed by atoms with E-state index in [4.69, 9.17) is 5.11 Å². The van der Waals surface area contributed by atoms with Gasteiger partial charge in [0.05, 0.1) is 6.42 Å². The van der Waals surface area contributed by atoms with E-state index in [-0.39, 0.29) is 12.0 Å². The number of hydrogen-bond donors (Lipinski definition) is 2. The molecule has 20 heavy (non-hydrogen) atoms. The van der Waals surface area contributed by atoms with E-state index in [1.165, 1.54) is 57.8 Å². The minimum absolute atomic E-state index is 0.0660. The maximum Gasteiger partial charge on any atom is 0.304 e. The molecule has 0 rings (SSSR count). The highest BCUT2D eigenvalue weighted by atomic mass is 16.4. The van der Waals surface area contributed by atoms with Crippen LogP contribution in [0, 0.1) is 0 Å². The summed E-state index contributed by atoms with van der Waals surface area (Å²) in [5.41, 5.74) is 0.0660. The molecule has 0 aliphatic carbocycles. The molecule has 0 amide bonds. The van der Waals surface area contributed by atoms with E-state index in [0.717, 1.165) is 6.42 Å². The van der Waals surface area contributed by atoms with Gasteiger partial charge in [0, 0.05) is 12.1 Å². The molecule has 0 heterocycles. The maximum atomic E-state index is 10.5. The fourth-order valence-corrected chi connectivity index (χ4v) is 2.47. The molecule has 0 aromatic rings. The van der Waals surface area contributed by atoms with Crippen molar-refractivity contribution >= 4 is 5.97 Å². The molecule has 3 nitrogen and oxygen atoms in total. The molecule has 0 spiro atoms. The molecule has 0 aliphatic rings. The highest BCUT2D eigenvalue weighted by Gasteiger charge is 2.16. The number of rotatable bonds is 14. The number of carboxylic acid groups (broad SMARTS) is 1. The Kier molecular flexibility index (Phi) is 11.8. The van der Waals surface area contributed by atoms with E-state index in [2.05, 4.69) is 26.1 Å². The summed E-state index contributed by atoms with van der Waals surface area (Å²) >= 11 is 0. The molecule has 0 aromatic carbocycles. The SMILES string of the molecule is CCCCCCCCCCCC(C)(C)NCCC(=O)O. The van der Waals surface area contributed by atoms with Gasteiger partial charge >= 0.3 is 5.97 Å². The largest absolute Gasteiger partial charge is 0.481 e. The van der Waals surface area contributed by atoms with Crippen molar-refractivity contribution in [1.82, 2.24) is 5.32 Å². The van der Waals surface area contributed by atoms with Crippen LogP contribution in [0.1, 0.15) is 91.4 Å². The fraction of sp³-hybridized carbons (Fsp3) is 0.941. The van der Waals surface area contributed by atoms with Crippen LogP contribution in [0.15, 0.2) is 0 Å². The molecule has 0 aromatic heterocycles. The van der Waals surface area contributed by atoms with Gasteiger partial charge in [0.25, 0.3) is 0 Å². The minimum Gasteiger partial charge on any atom is -0.481 e. The molecule has 120 valence electrons. The topological polar surface area (TPSA) is 49.3 Å². The molecule has 0 saturated carbocycles. The Morgan fingerprint density at radius 3 is 1.95 bits per heavy atom. The molecule has 0 aliphatic heterocycles. The van der Waals surface area contributed by atoms with Crippen LogP contribution in [0.3, 0.4) is 0 Å². The predicted molar refractivity (Wildman–Crippen MR) is 86.2 cm³/mol. The molecule has 0 bridgehead atoms. The number of aliphatic carboxylic acids is 1. The van der Waals surface area contributed by atoms with E-state index in [1.807, 2.05) is 0 Å². The molecule has 0 fully saturated rings. The number of carboxylic acids is 1. The molecule has 0 radical (unpaired) electrons. The van der Waals surface area contributed by atoms with Crippen molar-refractivity contribution in [2.75, 3.05) is 6.54 Å². The minimum atomic E-state index is -0.726. The second-order valence-corrected chi connectivity index (χ2v) is 6.53. The zero-order valence-electron chi connectivity index (χ0n) is 13.8. The number of unbranched alkanes of at least 4 members (excludes halogenated alkanes) is 8. The van der Waals surface area contributed by atoms with Crippen molar-refractivity contribution < 1.29 is 9.90 Å². The summed E-state index contributed by atoms with van der Waals surface area (Å²) in [5.74, 6) is -0.726. The van der Waals surface area contributed by atoms with Gasteiger partial charge in [-0.2, -0.15) is 0 Å². The maximum absolute atomic E-state index is 10.5. The third-order valence-electron chi connectivity index (χ3n) is 3.85. The predicted octanol–water partition coefficient (Wildman–Crippen LogP) is 4.75. The number of nitrogens with one attached hydrogen (secondary N) is 1. The third-order valence-corrected chi connectivity index (χ3v) is 3.85. The third kappa shape index (κ3) is 13.9. The molecule has 0 atom stereocenters. The van der Waals surface area contributed by atoms with Crippen molar-refractivity contribution in [3.05, 3.63) is 0 Å². The average molecular weight is 285 g/mol. The van der Waals surface area contributed by atoms with E-state index in [9.17, 15) is 4.79 Å². The first-order valence-corrected chi connectivity index (χ1v) is 8.45. The van der Waals surface area contributed by atoms with Gasteiger partial charge in [-0.25, -0.2) is 0 Å². The number of hydrogen-bond acceptors (Lipinski definition) is 2. The Balaban J connectivity index is 3.37. The molecular formula is C17H35NO2. The van der Waals surface area contributed by atoms with Crippen LogP contribution in [0.5, 0.6) is 0 Å². The van der Waals surface area contributed by atoms with Crippen LogP contribution in [-0.4, -0.2) is 23.2 Å². The van der Waals surface area contributed by atoms with E-state index >= 15 is 0 Å². The first kappa shape index (κ1) is 19.4. The molecule has 0 saturated heterocycles. The van der Waals surface area contributed by atoms with Crippen LogP contribution in [0.4, 0.5) is 0 Å². The van der Waals surface area contributed by atoms with Crippen LogP contribution in [-0.2, 0) is 4.79 Å². The summed E-state index contributed by atoms with van der Waals surface area (Å²) in [6, 6.07) is 0. The van der Waals surface area contributed by atoms with Gasteiger partial charge in [0.1, 0.15) is 0 Å². The molecule has 0 unspecified atom stereocenters. The van der Waals surface area contributed by atoms with E-state index in [1.54, 1.807) is 0 Å². The zero-order valence-corrected chi connectivity index (χ0v) is 13.8. The van der Waals surface area contributed by atoms with Crippen LogP contribution >= 0.6 is 0 Å². The standard InChI is InChI=1S/C17H35NO2/c1-4-5-6-7-8-9-10-11-12-14-17(2,3)18-15-13-16(19)20/h18H,4-15H2,1-3H3,(H,19,20). The quantitative estimate of drug-likeness (QED) is 0.453. The molecule has 2 N–H and O–H groups in total. The normalized spacial score (nSPS) is 11.8. The monoisotopic (exact) mass is 285 g/mol. The Hall–Kier alpha value is -0.570. The average Bonchev–Trinajstić information content (AvgIpc) is 2.36. The molecular weight excluding hydrogens is 250 g/mol. The summed E-state index contributed by atoms with van der Waals surface area (Å²) < 4.78 is 0. The lowest BCUT2D eigenvalue weighted by Gasteiger charge is -2.26. The summed E-state index contributed by atoms with van der Waals surface area (Å²) in [6.45, 7) is 7.16.